The molecule has 1 heterocycles. The van der Waals surface area contributed by atoms with E-state index in [2.05, 4.69) is 10.6 Å². The number of aromatic hydroxyl groups is 1. The molecule has 0 unspecified atom stereocenters. The number of amides is 1. The number of halogens is 1. The Morgan fingerprint density at radius 2 is 2.27 bits per heavy atom. The summed E-state index contributed by atoms with van der Waals surface area (Å²) in [5, 5.41) is 15.1. The fourth-order valence-corrected chi connectivity index (χ4v) is 1.35. The minimum absolute atomic E-state index is 0.0990. The highest BCUT2D eigenvalue weighted by Gasteiger charge is 2.21. The second-order valence-electron chi connectivity index (χ2n) is 3.49. The van der Waals surface area contributed by atoms with Crippen molar-refractivity contribution in [2.75, 3.05) is 13.1 Å². The van der Waals surface area contributed by atoms with Gasteiger partial charge >= 0.3 is 0 Å². The molecular weight excluding hydrogens is 199 g/mol. The first-order valence-corrected chi connectivity index (χ1v) is 4.67. The van der Waals surface area contributed by atoms with Gasteiger partial charge in [-0.25, -0.2) is 4.39 Å². The van der Waals surface area contributed by atoms with Crippen LogP contribution in [0.1, 0.15) is 10.4 Å². The van der Waals surface area contributed by atoms with Gasteiger partial charge in [0.05, 0.1) is 11.6 Å². The lowest BCUT2D eigenvalue weighted by Crippen LogP contribution is -2.56. The van der Waals surface area contributed by atoms with Gasteiger partial charge in [0.15, 0.2) is 0 Å². The average Bonchev–Trinajstić information content (AvgIpc) is 2.11. The van der Waals surface area contributed by atoms with Crippen LogP contribution in [0.25, 0.3) is 0 Å². The maximum Gasteiger partial charge on any atom is 0.255 e. The third-order valence-corrected chi connectivity index (χ3v) is 2.32. The molecule has 1 aromatic rings. The fraction of sp³-hybridized carbons (Fsp3) is 0.300. The molecule has 1 amide bonds. The second-order valence-corrected chi connectivity index (χ2v) is 3.49. The normalized spacial score (nSPS) is 15.8. The Morgan fingerprint density at radius 1 is 1.53 bits per heavy atom. The van der Waals surface area contributed by atoms with Crippen molar-refractivity contribution in [1.29, 1.82) is 0 Å². The molecule has 1 fully saturated rings. The molecule has 5 heteroatoms. The van der Waals surface area contributed by atoms with Gasteiger partial charge in [-0.3, -0.25) is 4.79 Å². The molecule has 0 aliphatic carbocycles. The van der Waals surface area contributed by atoms with Crippen molar-refractivity contribution in [3.05, 3.63) is 29.6 Å². The van der Waals surface area contributed by atoms with Crippen molar-refractivity contribution in [2.45, 2.75) is 6.04 Å². The lowest BCUT2D eigenvalue weighted by atomic mass is 10.1. The number of carbonyl (C=O) groups excluding carboxylic acids is 1. The molecule has 15 heavy (non-hydrogen) atoms. The van der Waals surface area contributed by atoms with E-state index in [4.69, 9.17) is 0 Å². The standard InChI is InChI=1S/C10H11FN2O2/c11-6-1-2-8(9(14)3-6)10(15)13-7-4-12-5-7/h1-3,7,12,14H,4-5H2,(H,13,15). The van der Waals surface area contributed by atoms with Crippen LogP contribution in [0.15, 0.2) is 18.2 Å². The maximum atomic E-state index is 12.6. The van der Waals surface area contributed by atoms with Crippen LogP contribution >= 0.6 is 0 Å². The van der Waals surface area contributed by atoms with Crippen molar-refractivity contribution < 1.29 is 14.3 Å². The van der Waals surface area contributed by atoms with Crippen molar-refractivity contribution >= 4 is 5.91 Å². The smallest absolute Gasteiger partial charge is 0.255 e. The van der Waals surface area contributed by atoms with E-state index in [1.54, 1.807) is 0 Å². The third-order valence-electron chi connectivity index (χ3n) is 2.32. The average molecular weight is 210 g/mol. The summed E-state index contributed by atoms with van der Waals surface area (Å²) in [4.78, 5) is 11.6. The van der Waals surface area contributed by atoms with Crippen LogP contribution < -0.4 is 10.6 Å². The van der Waals surface area contributed by atoms with E-state index in [1.165, 1.54) is 6.07 Å². The summed E-state index contributed by atoms with van der Waals surface area (Å²) in [7, 11) is 0. The summed E-state index contributed by atoms with van der Waals surface area (Å²) < 4.78 is 12.6. The Kier molecular flexibility index (Phi) is 2.55. The fourth-order valence-electron chi connectivity index (χ4n) is 1.35. The number of rotatable bonds is 2. The van der Waals surface area contributed by atoms with Gasteiger partial charge < -0.3 is 15.7 Å². The molecule has 2 rings (SSSR count). The van der Waals surface area contributed by atoms with E-state index in [-0.39, 0.29) is 23.3 Å². The predicted molar refractivity (Wildman–Crippen MR) is 52.2 cm³/mol. The van der Waals surface area contributed by atoms with Crippen LogP contribution in [0, 0.1) is 5.82 Å². The molecule has 0 radical (unpaired) electrons. The zero-order chi connectivity index (χ0) is 10.8. The summed E-state index contributed by atoms with van der Waals surface area (Å²) >= 11 is 0. The van der Waals surface area contributed by atoms with E-state index in [0.29, 0.717) is 0 Å². The number of benzene rings is 1. The Morgan fingerprint density at radius 3 is 2.80 bits per heavy atom. The molecule has 4 nitrogen and oxygen atoms in total. The molecule has 1 saturated heterocycles. The van der Waals surface area contributed by atoms with Crippen LogP contribution in [-0.4, -0.2) is 30.1 Å². The summed E-state index contributed by atoms with van der Waals surface area (Å²) in [6.07, 6.45) is 0. The Bertz CT molecular complexity index is 391. The lowest BCUT2D eigenvalue weighted by molar-refractivity contribution is 0.0921. The molecule has 80 valence electrons. The topological polar surface area (TPSA) is 61.4 Å². The largest absolute Gasteiger partial charge is 0.507 e. The van der Waals surface area contributed by atoms with Crippen molar-refractivity contribution in [2.24, 2.45) is 0 Å². The first-order valence-electron chi connectivity index (χ1n) is 4.67. The van der Waals surface area contributed by atoms with Crippen LogP contribution in [0.4, 0.5) is 4.39 Å². The molecule has 1 aromatic carbocycles. The van der Waals surface area contributed by atoms with Crippen molar-refractivity contribution in [3.63, 3.8) is 0 Å². The minimum Gasteiger partial charge on any atom is -0.507 e. The highest BCUT2D eigenvalue weighted by atomic mass is 19.1. The lowest BCUT2D eigenvalue weighted by Gasteiger charge is -2.27. The van der Waals surface area contributed by atoms with E-state index in [9.17, 15) is 14.3 Å². The first-order chi connectivity index (χ1) is 7.16. The van der Waals surface area contributed by atoms with E-state index in [0.717, 1.165) is 25.2 Å². The van der Waals surface area contributed by atoms with Crippen LogP contribution in [0.5, 0.6) is 5.75 Å². The summed E-state index contributed by atoms with van der Waals surface area (Å²) in [5.41, 5.74) is 0.100. The van der Waals surface area contributed by atoms with Crippen LogP contribution in [0.3, 0.4) is 0 Å². The summed E-state index contributed by atoms with van der Waals surface area (Å²) in [6, 6.07) is 3.44. The Balaban J connectivity index is 2.10. The van der Waals surface area contributed by atoms with Gasteiger partial charge in [-0.15, -0.1) is 0 Å². The zero-order valence-electron chi connectivity index (χ0n) is 7.96. The summed E-state index contributed by atoms with van der Waals surface area (Å²) in [6.45, 7) is 1.46. The van der Waals surface area contributed by atoms with Crippen LogP contribution in [-0.2, 0) is 0 Å². The number of hydrogen-bond acceptors (Lipinski definition) is 3. The van der Waals surface area contributed by atoms with Gasteiger partial charge in [-0.1, -0.05) is 0 Å². The quantitative estimate of drug-likeness (QED) is 0.655. The van der Waals surface area contributed by atoms with Gasteiger partial charge in [0.25, 0.3) is 5.91 Å². The van der Waals surface area contributed by atoms with E-state index < -0.39 is 5.82 Å². The summed E-state index contributed by atoms with van der Waals surface area (Å²) in [5.74, 6) is -1.27. The molecule has 0 aromatic heterocycles. The molecular formula is C10H11FN2O2. The number of phenols is 1. The Labute approximate surface area is 86.1 Å². The van der Waals surface area contributed by atoms with E-state index >= 15 is 0 Å². The van der Waals surface area contributed by atoms with E-state index in [1.807, 2.05) is 0 Å². The van der Waals surface area contributed by atoms with Gasteiger partial charge in [-0.2, -0.15) is 0 Å². The second kappa shape index (κ2) is 3.86. The Hall–Kier alpha value is -1.62. The van der Waals surface area contributed by atoms with Crippen LogP contribution in [0.2, 0.25) is 0 Å². The molecule has 0 saturated carbocycles. The molecule has 0 atom stereocenters. The monoisotopic (exact) mass is 210 g/mol. The van der Waals surface area contributed by atoms with Gasteiger partial charge in [-0.05, 0) is 12.1 Å². The SMILES string of the molecule is O=C(NC1CNC1)c1ccc(F)cc1O. The zero-order valence-corrected chi connectivity index (χ0v) is 7.96. The van der Waals surface area contributed by atoms with Gasteiger partial charge in [0.2, 0.25) is 0 Å². The van der Waals surface area contributed by atoms with Crippen molar-refractivity contribution in [3.8, 4) is 5.75 Å². The number of carbonyl (C=O) groups is 1. The highest BCUT2D eigenvalue weighted by Crippen LogP contribution is 2.17. The highest BCUT2D eigenvalue weighted by molar-refractivity contribution is 5.97. The minimum atomic E-state index is -0.561. The maximum absolute atomic E-state index is 12.6. The number of nitrogens with one attached hydrogen (secondary N) is 2. The molecule has 1 aliphatic heterocycles. The van der Waals surface area contributed by atoms with Gasteiger partial charge in [0, 0.05) is 19.2 Å². The first kappa shape index (κ1) is 9.92. The number of phenolic OH excluding ortho intramolecular Hbond substituents is 1. The molecule has 3 N–H and O–H groups in total. The predicted octanol–water partition coefficient (Wildman–Crippen LogP) is 0.233. The molecule has 1 aliphatic rings. The molecule has 0 bridgehead atoms. The van der Waals surface area contributed by atoms with Crippen molar-refractivity contribution in [1.82, 2.24) is 10.6 Å². The van der Waals surface area contributed by atoms with Gasteiger partial charge in [0.1, 0.15) is 11.6 Å². The third kappa shape index (κ3) is 2.07. The number of hydrogen-bond donors (Lipinski definition) is 3. The molecule has 0 spiro atoms.